The standard InChI is InChI=1S/C27H36ClNO4/c1-17(19-9-8-10-20(28)15-19)29-23(30)16-33-24(31)12-11-18-13-21(26(2,3)4)25(32)22(14-18)27(5,6)7/h8-10,13-15,17,32H,11-12,16H2,1-7H3,(H,29,30). The van der Waals surface area contributed by atoms with Crippen molar-refractivity contribution in [3.8, 4) is 5.75 Å². The van der Waals surface area contributed by atoms with Crippen molar-refractivity contribution in [3.05, 3.63) is 63.7 Å². The van der Waals surface area contributed by atoms with Crippen molar-refractivity contribution in [1.82, 2.24) is 5.32 Å². The van der Waals surface area contributed by atoms with Gasteiger partial charge >= 0.3 is 5.97 Å². The molecule has 0 fully saturated rings. The lowest BCUT2D eigenvalue weighted by Crippen LogP contribution is -2.31. The highest BCUT2D eigenvalue weighted by molar-refractivity contribution is 6.30. The normalized spacial score (nSPS) is 12.8. The SMILES string of the molecule is CC(NC(=O)COC(=O)CCc1cc(C(C)(C)C)c(O)c(C(C)(C)C)c1)c1cccc(Cl)c1. The molecule has 1 atom stereocenters. The number of phenols is 1. The van der Waals surface area contributed by atoms with Crippen LogP contribution in [0.2, 0.25) is 5.02 Å². The van der Waals surface area contributed by atoms with E-state index in [1.54, 1.807) is 12.1 Å². The summed E-state index contributed by atoms with van der Waals surface area (Å²) in [6, 6.07) is 10.9. The molecule has 0 aromatic heterocycles. The van der Waals surface area contributed by atoms with Crippen LogP contribution in [0.3, 0.4) is 0 Å². The topological polar surface area (TPSA) is 75.6 Å². The smallest absolute Gasteiger partial charge is 0.306 e. The monoisotopic (exact) mass is 473 g/mol. The van der Waals surface area contributed by atoms with Crippen LogP contribution in [0.15, 0.2) is 36.4 Å². The van der Waals surface area contributed by atoms with Crippen LogP contribution in [-0.2, 0) is 31.6 Å². The zero-order chi connectivity index (χ0) is 25.0. The highest BCUT2D eigenvalue weighted by atomic mass is 35.5. The second-order valence-electron chi connectivity index (χ2n) is 10.5. The first-order valence-electron chi connectivity index (χ1n) is 11.3. The predicted octanol–water partition coefficient (Wildman–Crippen LogP) is 5.99. The van der Waals surface area contributed by atoms with Crippen molar-refractivity contribution in [3.63, 3.8) is 0 Å². The van der Waals surface area contributed by atoms with Crippen LogP contribution in [0.5, 0.6) is 5.75 Å². The summed E-state index contributed by atoms with van der Waals surface area (Å²) in [6.45, 7) is 13.8. The molecule has 0 radical (unpaired) electrons. The van der Waals surface area contributed by atoms with Gasteiger partial charge in [-0.05, 0) is 58.6 Å². The summed E-state index contributed by atoms with van der Waals surface area (Å²) in [4.78, 5) is 24.5. The van der Waals surface area contributed by atoms with E-state index in [1.165, 1.54) is 0 Å². The van der Waals surface area contributed by atoms with Crippen LogP contribution >= 0.6 is 11.6 Å². The van der Waals surface area contributed by atoms with E-state index < -0.39 is 5.97 Å². The van der Waals surface area contributed by atoms with Crippen molar-refractivity contribution in [2.75, 3.05) is 6.61 Å². The minimum atomic E-state index is -0.441. The van der Waals surface area contributed by atoms with E-state index in [9.17, 15) is 14.7 Å². The van der Waals surface area contributed by atoms with E-state index in [2.05, 4.69) is 46.9 Å². The summed E-state index contributed by atoms with van der Waals surface area (Å²) in [6.07, 6.45) is 0.612. The van der Waals surface area contributed by atoms with Crippen LogP contribution in [-0.4, -0.2) is 23.6 Å². The third-order valence-corrected chi connectivity index (χ3v) is 5.73. The summed E-state index contributed by atoms with van der Waals surface area (Å²) < 4.78 is 5.18. The zero-order valence-corrected chi connectivity index (χ0v) is 21.5. The highest BCUT2D eigenvalue weighted by Gasteiger charge is 2.26. The quantitative estimate of drug-likeness (QED) is 0.484. The molecule has 5 nitrogen and oxygen atoms in total. The average molecular weight is 474 g/mol. The molecule has 0 aliphatic heterocycles. The molecule has 33 heavy (non-hydrogen) atoms. The number of hydrogen-bond donors (Lipinski definition) is 2. The Labute approximate surface area is 202 Å². The van der Waals surface area contributed by atoms with Gasteiger partial charge in [0, 0.05) is 11.4 Å². The predicted molar refractivity (Wildman–Crippen MR) is 133 cm³/mol. The molecule has 2 aromatic carbocycles. The van der Waals surface area contributed by atoms with E-state index in [1.807, 2.05) is 31.2 Å². The Hall–Kier alpha value is -2.53. The fourth-order valence-corrected chi connectivity index (χ4v) is 3.79. The number of amides is 1. The molecule has 0 heterocycles. The van der Waals surface area contributed by atoms with E-state index in [0.29, 0.717) is 17.2 Å². The van der Waals surface area contributed by atoms with Gasteiger partial charge in [0.15, 0.2) is 6.61 Å². The van der Waals surface area contributed by atoms with E-state index >= 15 is 0 Å². The molecule has 6 heteroatoms. The molecule has 1 unspecified atom stereocenters. The van der Waals surface area contributed by atoms with Crippen molar-refractivity contribution in [2.45, 2.75) is 78.2 Å². The van der Waals surface area contributed by atoms with Crippen LogP contribution in [0, 0.1) is 0 Å². The van der Waals surface area contributed by atoms with Gasteiger partial charge in [-0.3, -0.25) is 9.59 Å². The number of carbonyl (C=O) groups excluding carboxylic acids is 2. The number of ether oxygens (including phenoxy) is 1. The van der Waals surface area contributed by atoms with Crippen molar-refractivity contribution in [2.24, 2.45) is 0 Å². The number of rotatable bonds is 7. The van der Waals surface area contributed by atoms with Crippen molar-refractivity contribution < 1.29 is 19.4 Å². The molecule has 0 aliphatic carbocycles. The molecule has 180 valence electrons. The average Bonchev–Trinajstić information content (AvgIpc) is 2.69. The van der Waals surface area contributed by atoms with Gasteiger partial charge in [0.25, 0.3) is 5.91 Å². The first kappa shape index (κ1) is 26.7. The summed E-state index contributed by atoms with van der Waals surface area (Å²) >= 11 is 6.00. The molecule has 2 N–H and O–H groups in total. The highest BCUT2D eigenvalue weighted by Crippen LogP contribution is 2.40. The van der Waals surface area contributed by atoms with Gasteiger partial charge in [-0.25, -0.2) is 0 Å². The molecule has 0 saturated carbocycles. The number of esters is 1. The van der Waals surface area contributed by atoms with Gasteiger partial charge in [0.05, 0.1) is 6.04 Å². The Kier molecular flexibility index (Phi) is 8.58. The number of phenolic OH excluding ortho intramolecular Hbond substituents is 1. The van der Waals surface area contributed by atoms with E-state index in [4.69, 9.17) is 16.3 Å². The van der Waals surface area contributed by atoms with E-state index in [-0.39, 0.29) is 35.8 Å². The Bertz CT molecular complexity index is 967. The second-order valence-corrected chi connectivity index (χ2v) is 11.0. The number of benzene rings is 2. The summed E-state index contributed by atoms with van der Waals surface area (Å²) in [5.41, 5.74) is 3.06. The fourth-order valence-electron chi connectivity index (χ4n) is 3.59. The van der Waals surface area contributed by atoms with Gasteiger partial charge in [0.1, 0.15) is 5.75 Å². The maximum atomic E-state index is 12.3. The third-order valence-electron chi connectivity index (χ3n) is 5.49. The maximum absolute atomic E-state index is 12.3. The molecule has 1 amide bonds. The van der Waals surface area contributed by atoms with Gasteiger partial charge in [-0.15, -0.1) is 0 Å². The molecule has 2 aromatic rings. The van der Waals surface area contributed by atoms with Gasteiger partial charge in [0.2, 0.25) is 0 Å². The maximum Gasteiger partial charge on any atom is 0.306 e. The number of carbonyl (C=O) groups is 2. The molecule has 0 aliphatic rings. The lowest BCUT2D eigenvalue weighted by molar-refractivity contribution is -0.148. The first-order chi connectivity index (χ1) is 15.2. The van der Waals surface area contributed by atoms with Gasteiger partial charge in [-0.1, -0.05) is 77.4 Å². The largest absolute Gasteiger partial charge is 0.507 e. The minimum Gasteiger partial charge on any atom is -0.507 e. The number of aryl methyl sites for hydroxylation is 1. The van der Waals surface area contributed by atoms with Gasteiger partial charge < -0.3 is 15.2 Å². The molecular weight excluding hydrogens is 438 g/mol. The van der Waals surface area contributed by atoms with Gasteiger partial charge in [-0.2, -0.15) is 0 Å². The number of hydrogen-bond acceptors (Lipinski definition) is 4. The Morgan fingerprint density at radius 2 is 1.61 bits per heavy atom. The number of aromatic hydroxyl groups is 1. The number of halogens is 1. The third kappa shape index (κ3) is 7.78. The number of nitrogens with one attached hydrogen (secondary N) is 1. The van der Waals surface area contributed by atoms with E-state index in [0.717, 1.165) is 22.3 Å². The summed E-state index contributed by atoms with van der Waals surface area (Å²) in [5.74, 6) is -0.499. The summed E-state index contributed by atoms with van der Waals surface area (Å²) in [5, 5.41) is 14.2. The van der Waals surface area contributed by atoms with Crippen LogP contribution in [0.1, 0.15) is 83.2 Å². The molecule has 0 saturated heterocycles. The molecular formula is C27H36ClNO4. The lowest BCUT2D eigenvalue weighted by Gasteiger charge is -2.28. The van der Waals surface area contributed by atoms with Crippen molar-refractivity contribution in [1.29, 1.82) is 0 Å². The zero-order valence-electron chi connectivity index (χ0n) is 20.7. The molecule has 2 rings (SSSR count). The second kappa shape index (κ2) is 10.6. The van der Waals surface area contributed by atoms with Crippen molar-refractivity contribution >= 4 is 23.5 Å². The van der Waals surface area contributed by atoms with Crippen LogP contribution < -0.4 is 5.32 Å². The summed E-state index contributed by atoms with van der Waals surface area (Å²) in [7, 11) is 0. The fraction of sp³-hybridized carbons (Fsp3) is 0.481. The Balaban J connectivity index is 1.97. The Morgan fingerprint density at radius 1 is 1.03 bits per heavy atom. The van der Waals surface area contributed by atoms with Crippen LogP contribution in [0.4, 0.5) is 0 Å². The molecule has 0 spiro atoms. The lowest BCUT2D eigenvalue weighted by atomic mass is 9.78. The molecule has 0 bridgehead atoms. The Morgan fingerprint density at radius 3 is 2.12 bits per heavy atom. The minimum absolute atomic E-state index is 0.148. The van der Waals surface area contributed by atoms with Crippen LogP contribution in [0.25, 0.3) is 0 Å². The first-order valence-corrected chi connectivity index (χ1v) is 11.6.